The summed E-state index contributed by atoms with van der Waals surface area (Å²) in [4.78, 5) is 29.3. The molecule has 150 valence electrons. The largest absolute Gasteiger partial charge is 0.496 e. The van der Waals surface area contributed by atoms with E-state index in [-0.39, 0.29) is 6.42 Å². The Morgan fingerprint density at radius 2 is 1.71 bits per heavy atom. The smallest absolute Gasteiger partial charge is 0.308 e. The Bertz CT molecular complexity index is 795. The number of hydroxylamine groups is 2. The van der Waals surface area contributed by atoms with Crippen LogP contribution in [0.3, 0.4) is 0 Å². The molecule has 6 heteroatoms. The fourth-order valence-electron chi connectivity index (χ4n) is 2.84. The van der Waals surface area contributed by atoms with Crippen molar-refractivity contribution in [3.63, 3.8) is 0 Å². The molecule has 6 nitrogen and oxygen atoms in total. The first-order valence-electron chi connectivity index (χ1n) is 9.02. The van der Waals surface area contributed by atoms with Crippen LogP contribution < -0.4 is 4.74 Å². The third kappa shape index (κ3) is 5.57. The van der Waals surface area contributed by atoms with Gasteiger partial charge in [-0.2, -0.15) is 0 Å². The number of ether oxygens (including phenoxy) is 2. The lowest BCUT2D eigenvalue weighted by atomic mass is 9.98. The number of amides is 1. The molecule has 2 aromatic rings. The van der Waals surface area contributed by atoms with E-state index >= 15 is 0 Å². The molecule has 1 unspecified atom stereocenters. The van der Waals surface area contributed by atoms with Crippen molar-refractivity contribution in [2.45, 2.75) is 38.8 Å². The Balaban J connectivity index is 2.37. The van der Waals surface area contributed by atoms with Gasteiger partial charge in [0.2, 0.25) is 6.41 Å². The molecule has 2 rings (SSSR count). The van der Waals surface area contributed by atoms with E-state index in [4.69, 9.17) is 14.3 Å². The van der Waals surface area contributed by atoms with Crippen LogP contribution in [0.25, 0.3) is 11.1 Å². The number of para-hydroxylation sites is 1. The molecule has 0 saturated heterocycles. The number of carbonyl (C=O) groups excluding carboxylic acids is 2. The van der Waals surface area contributed by atoms with E-state index in [1.165, 1.54) is 12.2 Å². The Kier molecular flexibility index (Phi) is 7.18. The highest BCUT2D eigenvalue weighted by atomic mass is 16.7. The minimum Gasteiger partial charge on any atom is -0.496 e. The van der Waals surface area contributed by atoms with E-state index in [9.17, 15) is 9.59 Å². The third-order valence-corrected chi connectivity index (χ3v) is 4.09. The van der Waals surface area contributed by atoms with E-state index in [2.05, 4.69) is 0 Å². The molecule has 0 radical (unpaired) electrons. The maximum Gasteiger partial charge on any atom is 0.308 e. The first-order valence-corrected chi connectivity index (χ1v) is 9.02. The normalized spacial score (nSPS) is 12.2. The minimum atomic E-state index is -0.601. The average molecular weight is 385 g/mol. The summed E-state index contributed by atoms with van der Waals surface area (Å²) in [6.45, 7) is 5.51. The summed E-state index contributed by atoms with van der Waals surface area (Å²) < 4.78 is 10.2. The van der Waals surface area contributed by atoms with Crippen molar-refractivity contribution >= 4 is 12.4 Å². The first-order chi connectivity index (χ1) is 13.3. The van der Waals surface area contributed by atoms with Crippen LogP contribution >= 0.6 is 0 Å². The second-order valence-corrected chi connectivity index (χ2v) is 7.29. The van der Waals surface area contributed by atoms with Crippen LogP contribution in [0.2, 0.25) is 0 Å². The minimum absolute atomic E-state index is 0.0146. The summed E-state index contributed by atoms with van der Waals surface area (Å²) in [6.07, 6.45) is 0.576. The molecule has 0 spiro atoms. The van der Waals surface area contributed by atoms with E-state index in [1.54, 1.807) is 7.11 Å². The molecule has 1 amide bonds. The molecule has 0 aliphatic rings. The average Bonchev–Trinajstić information content (AvgIpc) is 2.69. The summed E-state index contributed by atoms with van der Waals surface area (Å²) in [5.41, 5.74) is 2.10. The van der Waals surface area contributed by atoms with E-state index in [0.29, 0.717) is 6.41 Å². The van der Waals surface area contributed by atoms with Gasteiger partial charge in [-0.1, -0.05) is 42.5 Å². The SMILES string of the molecule is COC(=O)CC(c1ccc(-c2ccccc2OC)cc1)N(C=O)OC(C)(C)C. The zero-order valence-corrected chi connectivity index (χ0v) is 17.0. The molecule has 0 fully saturated rings. The highest BCUT2D eigenvalue weighted by Crippen LogP contribution is 2.32. The summed E-state index contributed by atoms with van der Waals surface area (Å²) in [5.74, 6) is 0.343. The number of benzene rings is 2. The van der Waals surface area contributed by atoms with Crippen LogP contribution in [-0.2, 0) is 19.2 Å². The Hall–Kier alpha value is -2.86. The van der Waals surface area contributed by atoms with Gasteiger partial charge >= 0.3 is 5.97 Å². The van der Waals surface area contributed by atoms with Gasteiger partial charge in [0.15, 0.2) is 0 Å². The van der Waals surface area contributed by atoms with Crippen LogP contribution in [0.15, 0.2) is 48.5 Å². The summed E-state index contributed by atoms with van der Waals surface area (Å²) in [7, 11) is 2.95. The second-order valence-electron chi connectivity index (χ2n) is 7.29. The molecule has 0 bridgehead atoms. The highest BCUT2D eigenvalue weighted by molar-refractivity contribution is 5.72. The van der Waals surface area contributed by atoms with E-state index < -0.39 is 17.6 Å². The van der Waals surface area contributed by atoms with Gasteiger partial charge in [0.05, 0.1) is 32.3 Å². The van der Waals surface area contributed by atoms with Crippen LogP contribution in [0.5, 0.6) is 5.75 Å². The maximum atomic E-state index is 11.9. The first kappa shape index (κ1) is 21.4. The predicted octanol–water partition coefficient (Wildman–Crippen LogP) is 4.15. The van der Waals surface area contributed by atoms with Crippen molar-refractivity contribution in [3.05, 3.63) is 54.1 Å². The number of esters is 1. The predicted molar refractivity (Wildman–Crippen MR) is 107 cm³/mol. The van der Waals surface area contributed by atoms with Crippen molar-refractivity contribution in [1.29, 1.82) is 0 Å². The number of nitrogens with zero attached hydrogens (tertiary/aromatic N) is 1. The highest BCUT2D eigenvalue weighted by Gasteiger charge is 2.27. The van der Waals surface area contributed by atoms with Gasteiger partial charge in [-0.15, -0.1) is 0 Å². The van der Waals surface area contributed by atoms with Crippen LogP contribution in [-0.4, -0.2) is 37.3 Å². The molecule has 0 aromatic heterocycles. The fraction of sp³-hybridized carbons (Fsp3) is 0.364. The van der Waals surface area contributed by atoms with Gasteiger partial charge in [-0.3, -0.25) is 14.4 Å². The molecule has 0 heterocycles. The molecule has 0 saturated carbocycles. The van der Waals surface area contributed by atoms with Crippen LogP contribution in [0.1, 0.15) is 38.8 Å². The van der Waals surface area contributed by atoms with Gasteiger partial charge < -0.3 is 9.47 Å². The van der Waals surface area contributed by atoms with Crippen LogP contribution in [0, 0.1) is 0 Å². The van der Waals surface area contributed by atoms with Gasteiger partial charge in [-0.25, -0.2) is 5.06 Å². The van der Waals surface area contributed by atoms with Crippen molar-refractivity contribution in [2.24, 2.45) is 0 Å². The fourth-order valence-corrected chi connectivity index (χ4v) is 2.84. The number of rotatable bonds is 8. The van der Waals surface area contributed by atoms with Crippen LogP contribution in [0.4, 0.5) is 0 Å². The molecule has 2 aromatic carbocycles. The summed E-state index contributed by atoms with van der Waals surface area (Å²) in [6, 6.07) is 14.7. The molecule has 1 atom stereocenters. The van der Waals surface area contributed by atoms with Crippen molar-refractivity contribution in [2.75, 3.05) is 14.2 Å². The molecular formula is C22H27NO5. The lowest BCUT2D eigenvalue weighted by Gasteiger charge is -2.32. The van der Waals surface area contributed by atoms with Crippen molar-refractivity contribution < 1.29 is 23.9 Å². The van der Waals surface area contributed by atoms with Gasteiger partial charge in [0.1, 0.15) is 5.75 Å². The second kappa shape index (κ2) is 9.37. The lowest BCUT2D eigenvalue weighted by Crippen LogP contribution is -2.37. The maximum absolute atomic E-state index is 11.9. The zero-order chi connectivity index (χ0) is 20.7. The van der Waals surface area contributed by atoms with Crippen molar-refractivity contribution in [1.82, 2.24) is 5.06 Å². The number of carbonyl (C=O) groups is 2. The van der Waals surface area contributed by atoms with Crippen molar-refractivity contribution in [3.8, 4) is 16.9 Å². The Labute approximate surface area is 166 Å². The lowest BCUT2D eigenvalue weighted by molar-refractivity contribution is -0.235. The number of hydrogen-bond acceptors (Lipinski definition) is 5. The zero-order valence-electron chi connectivity index (χ0n) is 17.0. The number of methoxy groups -OCH3 is 2. The summed E-state index contributed by atoms with van der Waals surface area (Å²) in [5, 5.41) is 1.18. The van der Waals surface area contributed by atoms with Gasteiger partial charge in [0.25, 0.3) is 0 Å². The summed E-state index contributed by atoms with van der Waals surface area (Å²) >= 11 is 0. The molecule has 0 N–H and O–H groups in total. The third-order valence-electron chi connectivity index (χ3n) is 4.09. The Morgan fingerprint density at radius 3 is 2.25 bits per heavy atom. The van der Waals surface area contributed by atoms with E-state index in [1.807, 2.05) is 69.3 Å². The van der Waals surface area contributed by atoms with Gasteiger partial charge in [-0.05, 0) is 38.0 Å². The molecule has 0 aliphatic carbocycles. The number of hydrogen-bond donors (Lipinski definition) is 0. The molecule has 0 aliphatic heterocycles. The monoisotopic (exact) mass is 385 g/mol. The molecule has 28 heavy (non-hydrogen) atoms. The standard InChI is InChI=1S/C22H27NO5/c1-22(2,3)28-23(15-24)19(14-21(25)27-5)17-12-10-16(11-13-17)18-8-6-7-9-20(18)26-4/h6-13,15,19H,14H2,1-5H3. The molecular weight excluding hydrogens is 358 g/mol. The topological polar surface area (TPSA) is 65.1 Å². The quantitative estimate of drug-likeness (QED) is 0.388. The Morgan fingerprint density at radius 1 is 1.07 bits per heavy atom. The van der Waals surface area contributed by atoms with E-state index in [0.717, 1.165) is 22.4 Å². The van der Waals surface area contributed by atoms with Gasteiger partial charge in [0, 0.05) is 5.56 Å².